The molecule has 37 heavy (non-hydrogen) atoms. The predicted molar refractivity (Wildman–Crippen MR) is 158 cm³/mol. The normalized spacial score (nSPS) is 12.1. The Bertz CT molecular complexity index is 970. The van der Waals surface area contributed by atoms with E-state index >= 15 is 0 Å². The van der Waals surface area contributed by atoms with E-state index in [1.54, 1.807) is 14.2 Å². The van der Waals surface area contributed by atoms with Gasteiger partial charge >= 0.3 is 0 Å². The molecule has 0 aromatic heterocycles. The second-order valence-electron chi connectivity index (χ2n) is 10.5. The minimum Gasteiger partial charge on any atom is -0.493 e. The summed E-state index contributed by atoms with van der Waals surface area (Å²) in [6, 6.07) is 10.6. The number of hydrogen-bond donors (Lipinski definition) is 1. The van der Waals surface area contributed by atoms with Crippen molar-refractivity contribution < 1.29 is 14.3 Å². The number of hydrogen-bond acceptors (Lipinski definition) is 4. The summed E-state index contributed by atoms with van der Waals surface area (Å²) in [5.41, 5.74) is 5.50. The van der Waals surface area contributed by atoms with Gasteiger partial charge in [0.1, 0.15) is 0 Å². The Morgan fingerprint density at radius 3 is 2.00 bits per heavy atom. The minimum absolute atomic E-state index is 0.0274. The minimum atomic E-state index is 0.0274. The van der Waals surface area contributed by atoms with Crippen LogP contribution in [0.2, 0.25) is 0 Å². The zero-order chi connectivity index (χ0) is 27.5. The molecule has 2 aromatic rings. The third kappa shape index (κ3) is 7.90. The van der Waals surface area contributed by atoms with Gasteiger partial charge in [0.05, 0.1) is 14.2 Å². The van der Waals surface area contributed by atoms with Crippen LogP contribution in [0.3, 0.4) is 0 Å². The molecule has 0 saturated heterocycles. The standard InChI is InChI=1S/C32H50N2O3/c1-10-13-14-16-24(28-20-25(34(11-2)12-3)21-29(36-8)32(28)37-9)19-30(35)33-31-26(22(4)5)17-15-18-27(31)23(6)7/h15,17-18,20-24H,10-14,16,19H2,1-9H3,(H,33,35). The van der Waals surface area contributed by atoms with Crippen molar-refractivity contribution in [3.05, 3.63) is 47.0 Å². The van der Waals surface area contributed by atoms with Gasteiger partial charge in [-0.1, -0.05) is 72.1 Å². The summed E-state index contributed by atoms with van der Waals surface area (Å²) >= 11 is 0. The summed E-state index contributed by atoms with van der Waals surface area (Å²) in [6.07, 6.45) is 4.66. The maximum atomic E-state index is 13.7. The van der Waals surface area contributed by atoms with Gasteiger partial charge in [-0.2, -0.15) is 0 Å². The number of rotatable bonds is 15. The van der Waals surface area contributed by atoms with E-state index in [1.807, 2.05) is 6.07 Å². The zero-order valence-electron chi connectivity index (χ0n) is 24.7. The molecular formula is C32H50N2O3. The monoisotopic (exact) mass is 510 g/mol. The second kappa shape index (κ2) is 14.9. The van der Waals surface area contributed by atoms with Crippen LogP contribution in [0, 0.1) is 0 Å². The van der Waals surface area contributed by atoms with Crippen molar-refractivity contribution in [1.82, 2.24) is 0 Å². The molecule has 1 N–H and O–H groups in total. The molecule has 0 radical (unpaired) electrons. The van der Waals surface area contributed by atoms with Crippen molar-refractivity contribution in [2.75, 3.05) is 37.5 Å². The summed E-state index contributed by atoms with van der Waals surface area (Å²) < 4.78 is 11.6. The van der Waals surface area contributed by atoms with Crippen LogP contribution in [0.15, 0.2) is 30.3 Å². The molecule has 206 valence electrons. The lowest BCUT2D eigenvalue weighted by atomic mass is 9.88. The number of benzene rings is 2. The fraction of sp³-hybridized carbons (Fsp3) is 0.594. The van der Waals surface area contributed by atoms with E-state index in [0.29, 0.717) is 18.3 Å². The highest BCUT2D eigenvalue weighted by Crippen LogP contribution is 2.43. The Balaban J connectivity index is 2.51. The first-order chi connectivity index (χ1) is 17.7. The molecule has 0 saturated carbocycles. The lowest BCUT2D eigenvalue weighted by molar-refractivity contribution is -0.116. The average molecular weight is 511 g/mol. The third-order valence-corrected chi connectivity index (χ3v) is 7.29. The molecule has 0 heterocycles. The number of nitrogens with zero attached hydrogens (tertiary/aromatic N) is 1. The van der Waals surface area contributed by atoms with Crippen LogP contribution in [-0.4, -0.2) is 33.2 Å². The number of methoxy groups -OCH3 is 2. The van der Waals surface area contributed by atoms with Crippen molar-refractivity contribution in [3.63, 3.8) is 0 Å². The molecular weight excluding hydrogens is 460 g/mol. The quantitative estimate of drug-likeness (QED) is 0.244. The van der Waals surface area contributed by atoms with E-state index in [2.05, 4.69) is 82.9 Å². The van der Waals surface area contributed by atoms with Crippen LogP contribution in [0.5, 0.6) is 11.5 Å². The number of nitrogens with one attached hydrogen (secondary N) is 1. The Hall–Kier alpha value is -2.69. The number of carbonyl (C=O) groups is 1. The molecule has 0 fully saturated rings. The number of unbranched alkanes of at least 4 members (excludes halogenated alkanes) is 2. The maximum absolute atomic E-state index is 13.7. The number of para-hydroxylation sites is 1. The smallest absolute Gasteiger partial charge is 0.225 e. The SMILES string of the molecule is CCCCCC(CC(=O)Nc1c(C(C)C)cccc1C(C)C)c1cc(N(CC)CC)cc(OC)c1OC. The number of carbonyl (C=O) groups excluding carboxylic acids is 1. The van der Waals surface area contributed by atoms with Crippen LogP contribution in [0.4, 0.5) is 11.4 Å². The molecule has 1 unspecified atom stereocenters. The van der Waals surface area contributed by atoms with E-state index in [9.17, 15) is 4.79 Å². The van der Waals surface area contributed by atoms with E-state index in [0.717, 1.165) is 67.2 Å². The Morgan fingerprint density at radius 1 is 0.892 bits per heavy atom. The lowest BCUT2D eigenvalue weighted by Gasteiger charge is -2.27. The molecule has 2 rings (SSSR count). The Labute approximate surface area is 225 Å². The topological polar surface area (TPSA) is 50.8 Å². The second-order valence-corrected chi connectivity index (χ2v) is 10.5. The van der Waals surface area contributed by atoms with Gasteiger partial charge in [0.15, 0.2) is 11.5 Å². The number of anilines is 2. The van der Waals surface area contributed by atoms with E-state index < -0.39 is 0 Å². The summed E-state index contributed by atoms with van der Waals surface area (Å²) in [5, 5.41) is 3.34. The lowest BCUT2D eigenvalue weighted by Crippen LogP contribution is -2.23. The summed E-state index contributed by atoms with van der Waals surface area (Å²) in [5.74, 6) is 2.17. The first-order valence-electron chi connectivity index (χ1n) is 14.2. The fourth-order valence-electron chi connectivity index (χ4n) is 5.17. The van der Waals surface area contributed by atoms with Gasteiger partial charge in [0, 0.05) is 42.5 Å². The highest BCUT2D eigenvalue weighted by molar-refractivity contribution is 5.93. The molecule has 1 amide bonds. The fourth-order valence-corrected chi connectivity index (χ4v) is 5.17. The molecule has 0 aliphatic carbocycles. The maximum Gasteiger partial charge on any atom is 0.225 e. The summed E-state index contributed by atoms with van der Waals surface area (Å²) in [7, 11) is 3.37. The molecule has 2 aromatic carbocycles. The molecule has 1 atom stereocenters. The van der Waals surface area contributed by atoms with Gasteiger partial charge < -0.3 is 19.7 Å². The first-order valence-corrected chi connectivity index (χ1v) is 14.2. The van der Waals surface area contributed by atoms with Crippen LogP contribution in [-0.2, 0) is 4.79 Å². The van der Waals surface area contributed by atoms with Gasteiger partial charge in [-0.05, 0) is 55.2 Å². The van der Waals surface area contributed by atoms with E-state index in [1.165, 1.54) is 11.1 Å². The van der Waals surface area contributed by atoms with E-state index in [-0.39, 0.29) is 11.8 Å². The van der Waals surface area contributed by atoms with Crippen LogP contribution >= 0.6 is 0 Å². The van der Waals surface area contributed by atoms with Crippen molar-refractivity contribution in [2.24, 2.45) is 0 Å². The van der Waals surface area contributed by atoms with Gasteiger partial charge in [0.2, 0.25) is 5.91 Å². The number of amides is 1. The highest BCUT2D eigenvalue weighted by Gasteiger charge is 2.25. The summed E-state index contributed by atoms with van der Waals surface area (Å²) in [4.78, 5) is 16.0. The average Bonchev–Trinajstić information content (AvgIpc) is 2.88. The summed E-state index contributed by atoms with van der Waals surface area (Å²) in [6.45, 7) is 17.0. The third-order valence-electron chi connectivity index (χ3n) is 7.29. The van der Waals surface area contributed by atoms with E-state index in [4.69, 9.17) is 9.47 Å². The molecule has 0 spiro atoms. The van der Waals surface area contributed by atoms with Gasteiger partial charge in [-0.25, -0.2) is 0 Å². The predicted octanol–water partition coefficient (Wildman–Crippen LogP) is 8.49. The van der Waals surface area contributed by atoms with Gasteiger partial charge in [-0.3, -0.25) is 4.79 Å². The van der Waals surface area contributed by atoms with Crippen LogP contribution in [0.25, 0.3) is 0 Å². The number of ether oxygens (including phenoxy) is 2. The van der Waals surface area contributed by atoms with Crippen LogP contribution in [0.1, 0.15) is 115 Å². The van der Waals surface area contributed by atoms with Crippen molar-refractivity contribution in [3.8, 4) is 11.5 Å². The van der Waals surface area contributed by atoms with Crippen molar-refractivity contribution in [2.45, 2.75) is 98.3 Å². The molecule has 5 nitrogen and oxygen atoms in total. The van der Waals surface area contributed by atoms with Crippen molar-refractivity contribution >= 4 is 17.3 Å². The van der Waals surface area contributed by atoms with Crippen LogP contribution < -0.4 is 19.7 Å². The highest BCUT2D eigenvalue weighted by atomic mass is 16.5. The van der Waals surface area contributed by atoms with Gasteiger partial charge in [0.25, 0.3) is 0 Å². The largest absolute Gasteiger partial charge is 0.493 e. The van der Waals surface area contributed by atoms with Crippen molar-refractivity contribution in [1.29, 1.82) is 0 Å². The molecule has 5 heteroatoms. The first kappa shape index (κ1) is 30.5. The Morgan fingerprint density at radius 2 is 1.51 bits per heavy atom. The molecule has 0 aliphatic heterocycles. The van der Waals surface area contributed by atoms with Gasteiger partial charge in [-0.15, -0.1) is 0 Å². The zero-order valence-corrected chi connectivity index (χ0v) is 24.7. The molecule has 0 aliphatic rings. The Kier molecular flexibility index (Phi) is 12.3. The molecule has 0 bridgehead atoms.